The van der Waals surface area contributed by atoms with Gasteiger partial charge in [0, 0.05) is 23.8 Å². The quantitative estimate of drug-likeness (QED) is 0.796. The van der Waals surface area contributed by atoms with Crippen molar-refractivity contribution < 1.29 is 13.2 Å². The predicted molar refractivity (Wildman–Crippen MR) is 75.2 cm³/mol. The highest BCUT2D eigenvalue weighted by Crippen LogP contribution is 2.22. The van der Waals surface area contributed by atoms with Crippen molar-refractivity contribution >= 4 is 27.5 Å². The highest BCUT2D eigenvalue weighted by Gasteiger charge is 2.37. The lowest BCUT2D eigenvalue weighted by atomic mass is 10.1. The molecule has 18 heavy (non-hydrogen) atoms. The molecule has 1 fully saturated rings. The van der Waals surface area contributed by atoms with E-state index in [0.717, 1.165) is 12.2 Å². The average Bonchev–Trinajstić information content (AvgIpc) is 2.38. The van der Waals surface area contributed by atoms with Crippen molar-refractivity contribution in [1.82, 2.24) is 4.90 Å². The van der Waals surface area contributed by atoms with Gasteiger partial charge in [-0.05, 0) is 6.42 Å². The Balaban J connectivity index is 2.86. The lowest BCUT2D eigenvalue weighted by Gasteiger charge is -2.36. The number of hydrogen-bond donors (Lipinski definition) is 1. The van der Waals surface area contributed by atoms with Crippen LogP contribution < -0.4 is 5.73 Å². The van der Waals surface area contributed by atoms with Gasteiger partial charge in [-0.2, -0.15) is 11.8 Å². The SMILES string of the molecule is CCC[C@@H](N)C(=O)N1CCSCC1S(=O)(=O)CC. The van der Waals surface area contributed by atoms with Gasteiger partial charge in [0.1, 0.15) is 5.37 Å². The van der Waals surface area contributed by atoms with Crippen LogP contribution in [-0.4, -0.2) is 54.4 Å². The van der Waals surface area contributed by atoms with Gasteiger partial charge in [-0.15, -0.1) is 0 Å². The molecule has 0 aromatic rings. The van der Waals surface area contributed by atoms with Crippen molar-refractivity contribution in [2.24, 2.45) is 5.73 Å². The largest absolute Gasteiger partial charge is 0.323 e. The maximum Gasteiger partial charge on any atom is 0.240 e. The van der Waals surface area contributed by atoms with Crippen molar-refractivity contribution in [2.45, 2.75) is 38.1 Å². The number of carbonyl (C=O) groups is 1. The van der Waals surface area contributed by atoms with Gasteiger partial charge < -0.3 is 10.6 Å². The van der Waals surface area contributed by atoms with E-state index in [2.05, 4.69) is 0 Å². The fraction of sp³-hybridized carbons (Fsp3) is 0.909. The second-order valence-corrected chi connectivity index (χ2v) is 8.00. The number of sulfone groups is 1. The molecule has 0 bridgehead atoms. The monoisotopic (exact) mass is 294 g/mol. The molecule has 2 N–H and O–H groups in total. The summed E-state index contributed by atoms with van der Waals surface area (Å²) in [4.78, 5) is 13.7. The van der Waals surface area contributed by atoms with Gasteiger partial charge >= 0.3 is 0 Å². The second-order valence-electron chi connectivity index (χ2n) is 4.41. The fourth-order valence-electron chi connectivity index (χ4n) is 1.97. The smallest absolute Gasteiger partial charge is 0.240 e. The first kappa shape index (κ1) is 15.8. The van der Waals surface area contributed by atoms with Crippen molar-refractivity contribution in [3.63, 3.8) is 0 Å². The van der Waals surface area contributed by atoms with Crippen molar-refractivity contribution in [3.8, 4) is 0 Å². The van der Waals surface area contributed by atoms with E-state index >= 15 is 0 Å². The average molecular weight is 294 g/mol. The first-order valence-corrected chi connectivity index (χ1v) is 9.16. The van der Waals surface area contributed by atoms with Crippen LogP contribution in [0.2, 0.25) is 0 Å². The number of thioether (sulfide) groups is 1. The molecule has 0 aromatic carbocycles. The molecule has 7 heteroatoms. The van der Waals surface area contributed by atoms with Gasteiger partial charge in [0.25, 0.3) is 0 Å². The molecule has 1 aliphatic heterocycles. The zero-order valence-electron chi connectivity index (χ0n) is 11.0. The van der Waals surface area contributed by atoms with E-state index in [1.807, 2.05) is 6.92 Å². The molecular formula is C11H22N2O3S2. The molecule has 1 saturated heterocycles. The standard InChI is InChI=1S/C11H22N2O3S2/c1-3-5-9(12)11(14)13-6-7-17-8-10(13)18(15,16)4-2/h9-10H,3-8,12H2,1-2H3/t9-,10?/m1/s1. The van der Waals surface area contributed by atoms with Crippen LogP contribution in [0.1, 0.15) is 26.7 Å². The minimum absolute atomic E-state index is 0.0605. The second kappa shape index (κ2) is 6.77. The summed E-state index contributed by atoms with van der Waals surface area (Å²) in [7, 11) is -3.24. The summed E-state index contributed by atoms with van der Waals surface area (Å²) < 4.78 is 24.0. The predicted octanol–water partition coefficient (Wildman–Crippen LogP) is 0.450. The van der Waals surface area contributed by atoms with E-state index in [9.17, 15) is 13.2 Å². The minimum Gasteiger partial charge on any atom is -0.323 e. The Kier molecular flexibility index (Phi) is 5.94. The molecule has 0 radical (unpaired) electrons. The maximum atomic E-state index is 12.2. The third-order valence-corrected chi connectivity index (χ3v) is 6.39. The number of hydrogen-bond acceptors (Lipinski definition) is 5. The Bertz CT molecular complexity index is 384. The first-order chi connectivity index (χ1) is 8.44. The van der Waals surface area contributed by atoms with Crippen molar-refractivity contribution in [3.05, 3.63) is 0 Å². The van der Waals surface area contributed by atoms with Gasteiger partial charge in [0.2, 0.25) is 5.91 Å². The third kappa shape index (κ3) is 3.61. The molecule has 5 nitrogen and oxygen atoms in total. The summed E-state index contributed by atoms with van der Waals surface area (Å²) in [6, 6.07) is -0.576. The molecule has 0 spiro atoms. The van der Waals surface area contributed by atoms with Crippen LogP contribution in [-0.2, 0) is 14.6 Å². The van der Waals surface area contributed by atoms with Crippen LogP contribution in [0.25, 0.3) is 0 Å². The maximum absolute atomic E-state index is 12.2. The summed E-state index contributed by atoms with van der Waals surface area (Å²) in [5.74, 6) is 1.07. The molecule has 0 aromatic heterocycles. The fourth-order valence-corrected chi connectivity index (χ4v) is 4.94. The zero-order valence-corrected chi connectivity index (χ0v) is 12.6. The Hall–Kier alpha value is -0.270. The normalized spacial score (nSPS) is 22.8. The van der Waals surface area contributed by atoms with E-state index in [1.54, 1.807) is 18.7 Å². The molecule has 2 atom stereocenters. The molecule has 0 aliphatic carbocycles. The molecule has 0 saturated carbocycles. The van der Waals surface area contributed by atoms with Crippen molar-refractivity contribution in [1.29, 1.82) is 0 Å². The Morgan fingerprint density at radius 1 is 1.50 bits per heavy atom. The van der Waals surface area contributed by atoms with E-state index < -0.39 is 21.3 Å². The molecule has 1 unspecified atom stereocenters. The Morgan fingerprint density at radius 2 is 2.17 bits per heavy atom. The van der Waals surface area contributed by atoms with Crippen LogP contribution in [0.5, 0.6) is 0 Å². The highest BCUT2D eigenvalue weighted by molar-refractivity contribution is 8.01. The summed E-state index contributed by atoms with van der Waals surface area (Å²) in [6.07, 6.45) is 1.42. The first-order valence-electron chi connectivity index (χ1n) is 6.29. The van der Waals surface area contributed by atoms with Gasteiger partial charge in [-0.3, -0.25) is 4.79 Å². The molecule has 106 valence electrons. The molecular weight excluding hydrogens is 272 g/mol. The number of nitrogens with two attached hydrogens (primary N) is 1. The van der Waals surface area contributed by atoms with Crippen LogP contribution in [0.15, 0.2) is 0 Å². The van der Waals surface area contributed by atoms with E-state index in [0.29, 0.717) is 18.7 Å². The topological polar surface area (TPSA) is 80.5 Å². The van der Waals surface area contributed by atoms with Crippen molar-refractivity contribution in [2.75, 3.05) is 23.8 Å². The van der Waals surface area contributed by atoms with Gasteiger partial charge in [0.15, 0.2) is 9.84 Å². The zero-order chi connectivity index (χ0) is 13.8. The van der Waals surface area contributed by atoms with Gasteiger partial charge in [-0.1, -0.05) is 20.3 Å². The van der Waals surface area contributed by atoms with E-state index in [-0.39, 0.29) is 11.7 Å². The number of amides is 1. The van der Waals surface area contributed by atoms with Crippen LogP contribution in [0.3, 0.4) is 0 Å². The van der Waals surface area contributed by atoms with Crippen LogP contribution in [0, 0.1) is 0 Å². The van der Waals surface area contributed by atoms with Crippen LogP contribution in [0.4, 0.5) is 0 Å². The lowest BCUT2D eigenvalue weighted by molar-refractivity contribution is -0.133. The number of carbonyl (C=O) groups excluding carboxylic acids is 1. The Morgan fingerprint density at radius 3 is 2.72 bits per heavy atom. The van der Waals surface area contributed by atoms with Gasteiger partial charge in [0.05, 0.1) is 6.04 Å². The minimum atomic E-state index is -3.24. The molecule has 1 rings (SSSR count). The van der Waals surface area contributed by atoms with Crippen LogP contribution >= 0.6 is 11.8 Å². The summed E-state index contributed by atoms with van der Waals surface area (Å²) in [5, 5.41) is -0.698. The Labute approximate surface area is 113 Å². The third-order valence-electron chi connectivity index (χ3n) is 3.10. The van der Waals surface area contributed by atoms with E-state index in [1.165, 1.54) is 4.90 Å². The summed E-state index contributed by atoms with van der Waals surface area (Å²) in [5.41, 5.74) is 5.81. The van der Waals surface area contributed by atoms with E-state index in [4.69, 9.17) is 5.73 Å². The highest BCUT2D eigenvalue weighted by atomic mass is 32.2. The number of rotatable bonds is 5. The molecule has 1 aliphatic rings. The summed E-state index contributed by atoms with van der Waals surface area (Å²) >= 11 is 1.58. The summed E-state index contributed by atoms with van der Waals surface area (Å²) in [6.45, 7) is 4.05. The molecule has 1 heterocycles. The lowest BCUT2D eigenvalue weighted by Crippen LogP contribution is -2.55. The molecule has 1 amide bonds. The number of nitrogens with zero attached hydrogens (tertiary/aromatic N) is 1. The van der Waals surface area contributed by atoms with Gasteiger partial charge in [-0.25, -0.2) is 8.42 Å².